The van der Waals surface area contributed by atoms with Crippen molar-refractivity contribution >= 4 is 23.5 Å². The molecule has 3 aliphatic heterocycles. The van der Waals surface area contributed by atoms with E-state index in [9.17, 15) is 0 Å². The molecule has 0 saturated carbocycles. The molecule has 0 amide bonds. The van der Waals surface area contributed by atoms with E-state index in [0.29, 0.717) is 6.04 Å². The second-order valence-corrected chi connectivity index (χ2v) is 8.21. The van der Waals surface area contributed by atoms with Gasteiger partial charge in [0.25, 0.3) is 0 Å². The number of aryl methyl sites for hydroxylation is 1. The van der Waals surface area contributed by atoms with Gasteiger partial charge in [-0.05, 0) is 23.4 Å². The highest BCUT2D eigenvalue weighted by molar-refractivity contribution is 7.98. The van der Waals surface area contributed by atoms with Crippen LogP contribution in [0.25, 0.3) is 0 Å². The fourth-order valence-electron chi connectivity index (χ4n) is 3.90. The van der Waals surface area contributed by atoms with Crippen LogP contribution in [-0.4, -0.2) is 76.1 Å². The fourth-order valence-corrected chi connectivity index (χ4v) is 4.85. The number of hydrogen-bond donors (Lipinski definition) is 0. The molecule has 0 aromatic carbocycles. The van der Waals surface area contributed by atoms with E-state index in [1.807, 2.05) is 30.2 Å². The summed E-state index contributed by atoms with van der Waals surface area (Å²) in [4.78, 5) is 16.0. The molecule has 0 atom stereocenters. The van der Waals surface area contributed by atoms with Gasteiger partial charge in [0, 0.05) is 69.9 Å². The number of nitrogens with zero attached hydrogens (tertiary/aromatic N) is 7. The number of piperazine rings is 1. The molecule has 0 aliphatic carbocycles. The first-order valence-electron chi connectivity index (χ1n) is 9.31. The van der Waals surface area contributed by atoms with E-state index in [4.69, 9.17) is 0 Å². The Morgan fingerprint density at radius 1 is 0.962 bits per heavy atom. The number of thioether (sulfide) groups is 1. The van der Waals surface area contributed by atoms with Gasteiger partial charge in [0.15, 0.2) is 5.82 Å². The first kappa shape index (κ1) is 16.3. The average Bonchev–Trinajstić information content (AvgIpc) is 2.68. The summed E-state index contributed by atoms with van der Waals surface area (Å²) in [6.07, 6.45) is 4.69. The lowest BCUT2D eigenvalue weighted by atomic mass is 10.1. The summed E-state index contributed by atoms with van der Waals surface area (Å²) in [5, 5.41) is 8.93. The summed E-state index contributed by atoms with van der Waals surface area (Å²) < 4.78 is 0. The van der Waals surface area contributed by atoms with E-state index in [0.717, 1.165) is 63.2 Å². The SMILES string of the molecule is c1cnc(N2CCN(C3CN(c4cc5c(nn4)CCSC5)C3)CC2)nc1. The Labute approximate surface area is 157 Å². The molecule has 0 bridgehead atoms. The number of fused-ring (bicyclic) bond motifs is 1. The Balaban J connectivity index is 1.15. The lowest BCUT2D eigenvalue weighted by molar-refractivity contribution is 0.156. The Bertz CT molecular complexity index is 757. The predicted molar refractivity (Wildman–Crippen MR) is 104 cm³/mol. The highest BCUT2D eigenvalue weighted by atomic mass is 32.2. The van der Waals surface area contributed by atoms with Gasteiger partial charge < -0.3 is 9.80 Å². The largest absolute Gasteiger partial charge is 0.352 e. The lowest BCUT2D eigenvalue weighted by Crippen LogP contribution is -2.63. The second-order valence-electron chi connectivity index (χ2n) is 7.11. The highest BCUT2D eigenvalue weighted by Gasteiger charge is 2.35. The number of anilines is 2. The molecule has 0 spiro atoms. The molecule has 2 saturated heterocycles. The van der Waals surface area contributed by atoms with Crippen molar-refractivity contribution in [2.45, 2.75) is 18.2 Å². The van der Waals surface area contributed by atoms with E-state index in [2.05, 4.69) is 40.9 Å². The highest BCUT2D eigenvalue weighted by Crippen LogP contribution is 2.28. The lowest BCUT2D eigenvalue weighted by Gasteiger charge is -2.48. The molecule has 26 heavy (non-hydrogen) atoms. The third kappa shape index (κ3) is 3.12. The molecule has 2 fully saturated rings. The number of aromatic nitrogens is 4. The van der Waals surface area contributed by atoms with E-state index in [1.165, 1.54) is 17.0 Å². The van der Waals surface area contributed by atoms with E-state index < -0.39 is 0 Å². The first-order chi connectivity index (χ1) is 12.9. The molecule has 7 nitrogen and oxygen atoms in total. The topological polar surface area (TPSA) is 61.3 Å². The van der Waals surface area contributed by atoms with Crippen molar-refractivity contribution in [1.29, 1.82) is 0 Å². The maximum Gasteiger partial charge on any atom is 0.225 e. The third-order valence-electron chi connectivity index (χ3n) is 5.54. The molecule has 2 aromatic heterocycles. The minimum Gasteiger partial charge on any atom is -0.352 e. The van der Waals surface area contributed by atoms with Crippen molar-refractivity contribution in [2.24, 2.45) is 0 Å². The maximum atomic E-state index is 4.47. The van der Waals surface area contributed by atoms with E-state index in [-0.39, 0.29) is 0 Å². The van der Waals surface area contributed by atoms with E-state index >= 15 is 0 Å². The monoisotopic (exact) mass is 369 g/mol. The summed E-state index contributed by atoms with van der Waals surface area (Å²) in [6.45, 7) is 6.25. The minimum absolute atomic E-state index is 0.626. The summed E-state index contributed by atoms with van der Waals surface area (Å²) in [5.41, 5.74) is 2.58. The third-order valence-corrected chi connectivity index (χ3v) is 6.55. The van der Waals surface area contributed by atoms with Gasteiger partial charge >= 0.3 is 0 Å². The second kappa shape index (κ2) is 7.00. The van der Waals surface area contributed by atoms with Crippen LogP contribution in [0.5, 0.6) is 0 Å². The van der Waals surface area contributed by atoms with Crippen molar-refractivity contribution in [1.82, 2.24) is 25.1 Å². The van der Waals surface area contributed by atoms with Crippen LogP contribution < -0.4 is 9.80 Å². The van der Waals surface area contributed by atoms with Crippen molar-refractivity contribution in [3.05, 3.63) is 35.8 Å². The zero-order valence-corrected chi connectivity index (χ0v) is 15.6. The van der Waals surface area contributed by atoms with Gasteiger partial charge in [0.05, 0.1) is 5.69 Å². The zero-order chi connectivity index (χ0) is 17.3. The van der Waals surface area contributed by atoms with Crippen molar-refractivity contribution in [3.63, 3.8) is 0 Å². The van der Waals surface area contributed by atoms with Crippen LogP contribution in [0, 0.1) is 0 Å². The van der Waals surface area contributed by atoms with Gasteiger partial charge in [-0.1, -0.05) is 0 Å². The first-order valence-corrected chi connectivity index (χ1v) is 10.5. The molecule has 5 rings (SSSR count). The molecule has 8 heteroatoms. The summed E-state index contributed by atoms with van der Waals surface area (Å²) >= 11 is 2.00. The maximum absolute atomic E-state index is 4.47. The molecule has 0 unspecified atom stereocenters. The number of hydrogen-bond acceptors (Lipinski definition) is 8. The van der Waals surface area contributed by atoms with Crippen LogP contribution in [-0.2, 0) is 12.2 Å². The van der Waals surface area contributed by atoms with Gasteiger partial charge in [-0.25, -0.2) is 9.97 Å². The van der Waals surface area contributed by atoms with Crippen molar-refractivity contribution < 1.29 is 0 Å². The fraction of sp³-hybridized carbons (Fsp3) is 0.556. The molecule has 2 aromatic rings. The smallest absolute Gasteiger partial charge is 0.225 e. The number of rotatable bonds is 3. The predicted octanol–water partition coefficient (Wildman–Crippen LogP) is 1.07. The molecule has 5 heterocycles. The molecular weight excluding hydrogens is 346 g/mol. The van der Waals surface area contributed by atoms with Crippen molar-refractivity contribution in [2.75, 3.05) is 54.8 Å². The standard InChI is InChI=1S/C18H23N7S/c1-3-19-18(20-4-1)24-7-5-23(6-8-24)15-11-25(12-15)17-10-14-13-26-9-2-16(14)21-22-17/h1,3-4,10,15H,2,5-9,11-13H2. The van der Waals surface area contributed by atoms with Gasteiger partial charge in [-0.3, -0.25) is 4.90 Å². The van der Waals surface area contributed by atoms with Crippen LogP contribution in [0.4, 0.5) is 11.8 Å². The van der Waals surface area contributed by atoms with Crippen LogP contribution in [0.2, 0.25) is 0 Å². The summed E-state index contributed by atoms with van der Waals surface area (Å²) in [6, 6.07) is 4.75. The Morgan fingerprint density at radius 3 is 2.58 bits per heavy atom. The minimum atomic E-state index is 0.626. The zero-order valence-electron chi connectivity index (χ0n) is 14.8. The van der Waals surface area contributed by atoms with Crippen LogP contribution in [0.1, 0.15) is 11.3 Å². The molecule has 3 aliphatic rings. The van der Waals surface area contributed by atoms with Crippen LogP contribution in [0.3, 0.4) is 0 Å². The molecule has 0 radical (unpaired) electrons. The van der Waals surface area contributed by atoms with Gasteiger partial charge in [-0.15, -0.1) is 5.10 Å². The average molecular weight is 369 g/mol. The Hall–Kier alpha value is -1.93. The quantitative estimate of drug-likeness (QED) is 0.796. The van der Waals surface area contributed by atoms with Gasteiger partial charge in [0.2, 0.25) is 5.95 Å². The van der Waals surface area contributed by atoms with E-state index in [1.54, 1.807) is 0 Å². The van der Waals surface area contributed by atoms with Gasteiger partial charge in [-0.2, -0.15) is 16.9 Å². The van der Waals surface area contributed by atoms with Gasteiger partial charge in [0.1, 0.15) is 0 Å². The summed E-state index contributed by atoms with van der Waals surface area (Å²) in [7, 11) is 0. The molecule has 0 N–H and O–H groups in total. The van der Waals surface area contributed by atoms with Crippen molar-refractivity contribution in [3.8, 4) is 0 Å². The van der Waals surface area contributed by atoms with Crippen LogP contribution >= 0.6 is 11.8 Å². The molecular formula is C18H23N7S. The normalized spacial score (nSPS) is 21.4. The summed E-state index contributed by atoms with van der Waals surface area (Å²) in [5.74, 6) is 4.16. The van der Waals surface area contributed by atoms with Crippen LogP contribution in [0.15, 0.2) is 24.5 Å². The Kier molecular flexibility index (Phi) is 4.38. The Morgan fingerprint density at radius 2 is 1.77 bits per heavy atom. The molecule has 136 valence electrons.